The second-order valence-corrected chi connectivity index (χ2v) is 3.46. The second kappa shape index (κ2) is 3.87. The van der Waals surface area contributed by atoms with Gasteiger partial charge in [-0.3, -0.25) is 0 Å². The molecule has 3 nitrogen and oxygen atoms in total. The maximum atomic E-state index is 11.3. The lowest BCUT2D eigenvalue weighted by atomic mass is 9.98. The molecule has 0 saturated carbocycles. The Labute approximate surface area is 88.0 Å². The van der Waals surface area contributed by atoms with Gasteiger partial charge >= 0.3 is 5.97 Å². The minimum atomic E-state index is -0.274. The summed E-state index contributed by atoms with van der Waals surface area (Å²) in [6, 6.07) is 3.69. The number of ether oxygens (including phenoxy) is 1. The van der Waals surface area contributed by atoms with Crippen LogP contribution in [-0.2, 0) is 17.8 Å². The quantitative estimate of drug-likeness (QED) is 0.759. The van der Waals surface area contributed by atoms with E-state index in [0.29, 0.717) is 18.6 Å². The smallest absolute Gasteiger partial charge is 0.338 e. The van der Waals surface area contributed by atoms with E-state index in [1.807, 2.05) is 6.07 Å². The molecule has 1 aliphatic heterocycles. The normalized spacial score (nSPS) is 13.5. The minimum absolute atomic E-state index is 0.0917. The van der Waals surface area contributed by atoms with E-state index in [4.69, 9.17) is 9.84 Å². The molecule has 0 atom stereocenters. The molecule has 0 aliphatic carbocycles. The van der Waals surface area contributed by atoms with Crippen molar-refractivity contribution in [2.24, 2.45) is 0 Å². The number of carbonyl (C=O) groups is 1. The Balaban J connectivity index is 2.50. The summed E-state index contributed by atoms with van der Waals surface area (Å²) in [5.74, 6) is -0.274. The number of esters is 1. The van der Waals surface area contributed by atoms with Crippen molar-refractivity contribution in [2.45, 2.75) is 13.0 Å². The van der Waals surface area contributed by atoms with Crippen LogP contribution in [0.1, 0.15) is 27.0 Å². The second-order valence-electron chi connectivity index (χ2n) is 3.46. The lowest BCUT2D eigenvalue weighted by molar-refractivity contribution is 0.0535. The highest BCUT2D eigenvalue weighted by Gasteiger charge is 2.22. The molecule has 0 amide bonds. The minimum Gasteiger partial charge on any atom is -0.457 e. The first-order chi connectivity index (χ1) is 7.26. The Morgan fingerprint density at radius 2 is 2.33 bits per heavy atom. The van der Waals surface area contributed by atoms with Gasteiger partial charge in [-0.25, -0.2) is 4.79 Å². The number of rotatable bonds is 3. The first-order valence-electron chi connectivity index (χ1n) is 4.82. The Hall–Kier alpha value is -1.61. The molecule has 0 bridgehead atoms. The van der Waals surface area contributed by atoms with Crippen molar-refractivity contribution in [1.29, 1.82) is 0 Å². The standard InChI is InChI=1S/C12H12O3/c1-2-8-6-11-10(7-15-12(11)14)5-9(8)3-4-13/h2,5-6,13H,1,3-4,7H2. The molecule has 78 valence electrons. The number of hydrogen-bond acceptors (Lipinski definition) is 3. The van der Waals surface area contributed by atoms with Crippen LogP contribution in [0.25, 0.3) is 6.08 Å². The van der Waals surface area contributed by atoms with Gasteiger partial charge in [0.05, 0.1) is 5.56 Å². The molecule has 1 aromatic rings. The number of benzene rings is 1. The van der Waals surface area contributed by atoms with E-state index in [9.17, 15) is 4.79 Å². The van der Waals surface area contributed by atoms with E-state index in [2.05, 4.69) is 6.58 Å². The highest BCUT2D eigenvalue weighted by molar-refractivity contribution is 5.94. The molecular formula is C12H12O3. The third kappa shape index (κ3) is 1.66. The van der Waals surface area contributed by atoms with Crippen LogP contribution < -0.4 is 0 Å². The molecule has 1 heterocycles. The zero-order chi connectivity index (χ0) is 10.8. The van der Waals surface area contributed by atoms with Crippen LogP contribution in [0.5, 0.6) is 0 Å². The van der Waals surface area contributed by atoms with Crippen molar-refractivity contribution in [1.82, 2.24) is 0 Å². The molecule has 2 rings (SSSR count). The van der Waals surface area contributed by atoms with E-state index in [1.54, 1.807) is 12.1 Å². The van der Waals surface area contributed by atoms with E-state index >= 15 is 0 Å². The van der Waals surface area contributed by atoms with Crippen molar-refractivity contribution < 1.29 is 14.6 Å². The molecular weight excluding hydrogens is 192 g/mol. The third-order valence-corrected chi connectivity index (χ3v) is 2.54. The molecule has 1 aliphatic rings. The van der Waals surface area contributed by atoms with E-state index in [1.165, 1.54) is 0 Å². The Bertz CT molecular complexity index is 421. The first-order valence-corrected chi connectivity index (χ1v) is 4.82. The van der Waals surface area contributed by atoms with Gasteiger partial charge in [0, 0.05) is 12.2 Å². The maximum absolute atomic E-state index is 11.3. The third-order valence-electron chi connectivity index (χ3n) is 2.54. The summed E-state index contributed by atoms with van der Waals surface area (Å²) in [6.45, 7) is 4.12. The van der Waals surface area contributed by atoms with Crippen LogP contribution in [0.2, 0.25) is 0 Å². The molecule has 15 heavy (non-hydrogen) atoms. The Morgan fingerprint density at radius 1 is 1.53 bits per heavy atom. The summed E-state index contributed by atoms with van der Waals surface area (Å²) in [6.07, 6.45) is 2.26. The maximum Gasteiger partial charge on any atom is 0.338 e. The van der Waals surface area contributed by atoms with E-state index in [0.717, 1.165) is 16.7 Å². The fourth-order valence-electron chi connectivity index (χ4n) is 1.77. The molecule has 0 radical (unpaired) electrons. The van der Waals surface area contributed by atoms with Crippen molar-refractivity contribution in [3.8, 4) is 0 Å². The molecule has 0 spiro atoms. The largest absolute Gasteiger partial charge is 0.457 e. The van der Waals surface area contributed by atoms with Gasteiger partial charge in [-0.05, 0) is 23.6 Å². The van der Waals surface area contributed by atoms with Crippen molar-refractivity contribution in [3.63, 3.8) is 0 Å². The van der Waals surface area contributed by atoms with Crippen molar-refractivity contribution in [3.05, 3.63) is 41.0 Å². The van der Waals surface area contributed by atoms with Gasteiger partial charge in [-0.1, -0.05) is 18.7 Å². The molecule has 1 N–H and O–H groups in total. The molecule has 0 unspecified atom stereocenters. The highest BCUT2D eigenvalue weighted by atomic mass is 16.5. The average molecular weight is 204 g/mol. The fourth-order valence-corrected chi connectivity index (χ4v) is 1.77. The number of fused-ring (bicyclic) bond motifs is 1. The topological polar surface area (TPSA) is 46.5 Å². The summed E-state index contributed by atoms with van der Waals surface area (Å²) in [5.41, 5.74) is 3.41. The number of aliphatic hydroxyl groups excluding tert-OH is 1. The summed E-state index contributed by atoms with van der Waals surface area (Å²) in [7, 11) is 0. The predicted octanol–water partition coefficient (Wildman–Crippen LogP) is 1.53. The fraction of sp³-hybridized carbons (Fsp3) is 0.250. The Kier molecular flexibility index (Phi) is 2.56. The number of aliphatic hydroxyl groups is 1. The van der Waals surface area contributed by atoms with Gasteiger partial charge in [-0.2, -0.15) is 0 Å². The number of carbonyl (C=O) groups excluding carboxylic acids is 1. The lowest BCUT2D eigenvalue weighted by Crippen LogP contribution is -1.99. The zero-order valence-corrected chi connectivity index (χ0v) is 8.32. The van der Waals surface area contributed by atoms with Crippen molar-refractivity contribution in [2.75, 3.05) is 6.61 Å². The summed E-state index contributed by atoms with van der Waals surface area (Å²) >= 11 is 0. The van der Waals surface area contributed by atoms with Gasteiger partial charge < -0.3 is 9.84 Å². The monoisotopic (exact) mass is 204 g/mol. The zero-order valence-electron chi connectivity index (χ0n) is 8.32. The molecule has 3 heteroatoms. The summed E-state index contributed by atoms with van der Waals surface area (Å²) < 4.78 is 4.92. The number of cyclic esters (lactones) is 1. The molecule has 0 saturated heterocycles. The van der Waals surface area contributed by atoms with Gasteiger partial charge in [0.2, 0.25) is 0 Å². The van der Waals surface area contributed by atoms with Crippen LogP contribution in [0.3, 0.4) is 0 Å². The SMILES string of the molecule is C=Cc1cc2c(cc1CCO)COC2=O. The van der Waals surface area contributed by atoms with Gasteiger partial charge in [0.25, 0.3) is 0 Å². The van der Waals surface area contributed by atoms with Crippen LogP contribution >= 0.6 is 0 Å². The Morgan fingerprint density at radius 3 is 3.00 bits per heavy atom. The molecule has 1 aromatic carbocycles. The average Bonchev–Trinajstić information content (AvgIpc) is 2.59. The molecule has 0 fully saturated rings. The predicted molar refractivity (Wildman–Crippen MR) is 56.4 cm³/mol. The lowest BCUT2D eigenvalue weighted by Gasteiger charge is -2.06. The van der Waals surface area contributed by atoms with Gasteiger partial charge in [-0.15, -0.1) is 0 Å². The van der Waals surface area contributed by atoms with Crippen LogP contribution in [0, 0.1) is 0 Å². The van der Waals surface area contributed by atoms with E-state index in [-0.39, 0.29) is 12.6 Å². The number of hydrogen-bond donors (Lipinski definition) is 1. The van der Waals surface area contributed by atoms with Crippen LogP contribution in [0.4, 0.5) is 0 Å². The van der Waals surface area contributed by atoms with Gasteiger partial charge in [0.1, 0.15) is 6.61 Å². The van der Waals surface area contributed by atoms with Gasteiger partial charge in [0.15, 0.2) is 0 Å². The first kappa shape index (κ1) is 9.93. The van der Waals surface area contributed by atoms with Crippen molar-refractivity contribution >= 4 is 12.0 Å². The van der Waals surface area contributed by atoms with Crippen LogP contribution in [-0.4, -0.2) is 17.7 Å². The van der Waals surface area contributed by atoms with E-state index < -0.39 is 0 Å². The van der Waals surface area contributed by atoms with Crippen LogP contribution in [0.15, 0.2) is 18.7 Å². The summed E-state index contributed by atoms with van der Waals surface area (Å²) in [5, 5.41) is 8.91. The highest BCUT2D eigenvalue weighted by Crippen LogP contribution is 2.25. The molecule has 0 aromatic heterocycles. The summed E-state index contributed by atoms with van der Waals surface area (Å²) in [4.78, 5) is 11.3.